The number of hydrogen-bond donors (Lipinski definition) is 4. The number of carbonyl (C=O) groups excluding carboxylic acids is 2. The number of hydrogen-bond acceptors (Lipinski definition) is 11. The van der Waals surface area contributed by atoms with Gasteiger partial charge in [0.1, 0.15) is 5.78 Å². The summed E-state index contributed by atoms with van der Waals surface area (Å²) in [6.45, 7) is 19.5. The Morgan fingerprint density at radius 3 is 2.21 bits per heavy atom. The van der Waals surface area contributed by atoms with Crippen LogP contribution in [0.5, 0.6) is 0 Å². The highest BCUT2D eigenvalue weighted by Gasteiger charge is 2.64. The molecule has 1 aromatic carbocycles. The third-order valence-corrected chi connectivity index (χ3v) is 15.7. The molecule has 1 amide bonds. The molecule has 4 N–H and O–H groups in total. The van der Waals surface area contributed by atoms with Crippen molar-refractivity contribution >= 4 is 23.5 Å². The van der Waals surface area contributed by atoms with Crippen molar-refractivity contribution in [2.45, 2.75) is 199 Å². The second-order valence-electron chi connectivity index (χ2n) is 19.8. The summed E-state index contributed by atoms with van der Waals surface area (Å²) >= 11 is 0. The SMILES string of the molecule is CC[C@@H](C(=O)[C@@H](C)[C@@H](O)[C@H](C)[C@@H]1O[C@@H]([C@@H](CC)C(=O)O)CC[C@@H]1C)[C@H]1O[C@]2(C=C[C@@H](OC(=O)Nc3ccccc3)[C@]3(CC[C@@](C)([C@H]4CC[C@](O)(CC)[C@H](C)O4)O3)O2)[C@H](C)C[C@@H]1C. The summed E-state index contributed by atoms with van der Waals surface area (Å²) in [6, 6.07) is 9.05. The Kier molecular flexibility index (Phi) is 15.1. The van der Waals surface area contributed by atoms with Crippen molar-refractivity contribution in [2.24, 2.45) is 41.4 Å². The van der Waals surface area contributed by atoms with E-state index in [1.165, 1.54) is 0 Å². The second-order valence-corrected chi connectivity index (χ2v) is 19.8. The maximum absolute atomic E-state index is 14.7. The van der Waals surface area contributed by atoms with Crippen molar-refractivity contribution in [1.29, 1.82) is 0 Å². The molecule has 4 saturated heterocycles. The van der Waals surface area contributed by atoms with E-state index in [1.807, 2.05) is 65.8 Å². The molecule has 13 heteroatoms. The molecular formula is C49H75NO12. The van der Waals surface area contributed by atoms with Gasteiger partial charge in [-0.3, -0.25) is 14.9 Å². The number of carboxylic acid groups (broad SMARTS) is 1. The van der Waals surface area contributed by atoms with Gasteiger partial charge < -0.3 is 43.7 Å². The first kappa shape index (κ1) is 48.5. The van der Waals surface area contributed by atoms with Crippen LogP contribution in [0.1, 0.15) is 133 Å². The topological polar surface area (TPSA) is 179 Å². The van der Waals surface area contributed by atoms with Crippen molar-refractivity contribution in [3.63, 3.8) is 0 Å². The Labute approximate surface area is 369 Å². The van der Waals surface area contributed by atoms with Gasteiger partial charge in [0.15, 0.2) is 11.9 Å². The average molecular weight is 870 g/mol. The number of Topliss-reactive ketones (excluding diaryl/α,β-unsaturated/α-hetero) is 1. The molecule has 5 aliphatic heterocycles. The van der Waals surface area contributed by atoms with Crippen LogP contribution in [-0.2, 0) is 38.0 Å². The lowest BCUT2D eigenvalue weighted by Crippen LogP contribution is -2.63. The van der Waals surface area contributed by atoms with Crippen LogP contribution in [0, 0.1) is 41.4 Å². The zero-order valence-corrected chi connectivity index (χ0v) is 38.7. The Morgan fingerprint density at radius 2 is 1.58 bits per heavy atom. The molecule has 0 aromatic heterocycles. The number of amides is 1. The molecule has 5 aliphatic rings. The number of para-hydroxylation sites is 1. The molecule has 0 unspecified atom stereocenters. The van der Waals surface area contributed by atoms with Crippen LogP contribution >= 0.6 is 0 Å². The van der Waals surface area contributed by atoms with Gasteiger partial charge in [0.2, 0.25) is 5.79 Å². The number of aliphatic hydroxyl groups is 2. The third kappa shape index (κ3) is 9.56. The van der Waals surface area contributed by atoms with E-state index >= 15 is 0 Å². The van der Waals surface area contributed by atoms with E-state index in [1.54, 1.807) is 25.1 Å². The lowest BCUT2D eigenvalue weighted by molar-refractivity contribution is -0.408. The molecule has 0 saturated carbocycles. The minimum Gasteiger partial charge on any atom is -0.481 e. The predicted octanol–water partition coefficient (Wildman–Crippen LogP) is 8.44. The van der Waals surface area contributed by atoms with Gasteiger partial charge in [-0.1, -0.05) is 73.6 Å². The highest BCUT2D eigenvalue weighted by atomic mass is 16.8. The Morgan fingerprint density at radius 1 is 0.887 bits per heavy atom. The minimum atomic E-state index is -1.47. The molecule has 0 aliphatic carbocycles. The summed E-state index contributed by atoms with van der Waals surface area (Å²) < 4.78 is 40.5. The van der Waals surface area contributed by atoms with Crippen molar-refractivity contribution in [1.82, 2.24) is 0 Å². The zero-order chi connectivity index (χ0) is 45.4. The maximum atomic E-state index is 14.7. The number of ketones is 1. The predicted molar refractivity (Wildman–Crippen MR) is 233 cm³/mol. The van der Waals surface area contributed by atoms with E-state index in [0.29, 0.717) is 63.5 Å². The van der Waals surface area contributed by atoms with E-state index in [4.69, 9.17) is 28.4 Å². The highest BCUT2D eigenvalue weighted by molar-refractivity contribution is 5.85. The van der Waals surface area contributed by atoms with Crippen LogP contribution in [0.2, 0.25) is 0 Å². The minimum absolute atomic E-state index is 0.0430. The molecule has 348 valence electrons. The van der Waals surface area contributed by atoms with Gasteiger partial charge in [0, 0.05) is 35.8 Å². The van der Waals surface area contributed by atoms with Crippen LogP contribution < -0.4 is 5.32 Å². The van der Waals surface area contributed by atoms with E-state index in [9.17, 15) is 29.7 Å². The van der Waals surface area contributed by atoms with Gasteiger partial charge >= 0.3 is 12.1 Å². The molecular weight excluding hydrogens is 795 g/mol. The molecule has 2 spiro atoms. The van der Waals surface area contributed by atoms with E-state index in [2.05, 4.69) is 26.1 Å². The van der Waals surface area contributed by atoms with E-state index in [0.717, 1.165) is 6.42 Å². The van der Waals surface area contributed by atoms with Gasteiger partial charge in [-0.2, -0.15) is 0 Å². The van der Waals surface area contributed by atoms with Crippen LogP contribution in [0.25, 0.3) is 0 Å². The van der Waals surface area contributed by atoms with Crippen molar-refractivity contribution < 1.29 is 58.1 Å². The normalized spacial score (nSPS) is 40.9. The first-order valence-electron chi connectivity index (χ1n) is 23.5. The van der Waals surface area contributed by atoms with Crippen molar-refractivity contribution in [3.8, 4) is 0 Å². The molecule has 18 atom stereocenters. The van der Waals surface area contributed by atoms with Crippen molar-refractivity contribution in [2.75, 3.05) is 5.32 Å². The fraction of sp³-hybridized carbons (Fsp3) is 0.776. The summed E-state index contributed by atoms with van der Waals surface area (Å²) in [6.07, 6.45) is 4.32. The molecule has 62 heavy (non-hydrogen) atoms. The number of carbonyl (C=O) groups is 3. The van der Waals surface area contributed by atoms with E-state index in [-0.39, 0.29) is 29.6 Å². The van der Waals surface area contributed by atoms with Crippen LogP contribution in [0.15, 0.2) is 42.5 Å². The number of aliphatic carboxylic acids is 1. The fourth-order valence-corrected chi connectivity index (χ4v) is 11.4. The van der Waals surface area contributed by atoms with Gasteiger partial charge in [-0.25, -0.2) is 4.79 Å². The van der Waals surface area contributed by atoms with Crippen LogP contribution in [-0.4, -0.2) is 98.7 Å². The molecule has 0 bridgehead atoms. The van der Waals surface area contributed by atoms with Gasteiger partial charge in [-0.05, 0) is 108 Å². The summed E-state index contributed by atoms with van der Waals surface area (Å²) in [4.78, 5) is 40.2. The largest absolute Gasteiger partial charge is 0.481 e. The first-order chi connectivity index (χ1) is 29.3. The Balaban J connectivity index is 1.24. The van der Waals surface area contributed by atoms with Crippen LogP contribution in [0.3, 0.4) is 0 Å². The summed E-state index contributed by atoms with van der Waals surface area (Å²) in [7, 11) is 0. The fourth-order valence-electron chi connectivity index (χ4n) is 11.4. The molecule has 5 heterocycles. The molecule has 6 rings (SSSR count). The molecule has 0 radical (unpaired) electrons. The Bertz CT molecular complexity index is 1740. The number of nitrogens with one attached hydrogen (secondary N) is 1. The van der Waals surface area contributed by atoms with Gasteiger partial charge in [-0.15, -0.1) is 0 Å². The molecule has 1 aromatic rings. The van der Waals surface area contributed by atoms with E-state index < -0.39 is 95.1 Å². The standard InChI is InChI=1S/C49H75NO12/c1-11-35(44(53)54)37-20-19-28(4)42(58-37)32(8)40(51)31(7)41(52)36(12-2)43-29(5)27-30(6)48(60-43)24-22-39(59-45(55)50-34-17-15-14-16-18-34)49(62-48)26-25-46(10,61-49)38-21-23-47(56,13-3)33(9)57-38/h14-18,22,24,28-33,35-40,42-43,51,56H,11-13,19-21,23,25-27H2,1-10H3,(H,50,55)(H,53,54)/t28-,29-,30+,31-,32-,33-,35+,36-,37+,38+,39+,40+,42+,43-,46-,47+,48-,49-/m0/s1. The summed E-state index contributed by atoms with van der Waals surface area (Å²) in [5.41, 5.74) is -1.21. The lowest BCUT2D eigenvalue weighted by atomic mass is 9.72. The number of ether oxygens (including phenoxy) is 6. The average Bonchev–Trinajstić information content (AvgIpc) is 3.59. The van der Waals surface area contributed by atoms with Crippen LogP contribution in [0.4, 0.5) is 10.5 Å². The second kappa shape index (κ2) is 19.3. The summed E-state index contributed by atoms with van der Waals surface area (Å²) in [5.74, 6) is -6.34. The summed E-state index contributed by atoms with van der Waals surface area (Å²) in [5, 5.41) is 35.8. The number of anilines is 1. The quantitative estimate of drug-likeness (QED) is 0.131. The molecule has 13 nitrogen and oxygen atoms in total. The third-order valence-electron chi connectivity index (χ3n) is 15.7. The van der Waals surface area contributed by atoms with Gasteiger partial charge in [0.05, 0.1) is 53.7 Å². The lowest BCUT2D eigenvalue weighted by Gasteiger charge is -2.54. The molecule has 4 fully saturated rings. The maximum Gasteiger partial charge on any atom is 0.412 e. The highest BCUT2D eigenvalue weighted by Crippen LogP contribution is 2.54. The van der Waals surface area contributed by atoms with Crippen molar-refractivity contribution in [3.05, 3.63) is 42.5 Å². The first-order valence-corrected chi connectivity index (χ1v) is 23.5. The number of carboxylic acids is 1. The number of aliphatic hydroxyl groups excluding tert-OH is 1. The monoisotopic (exact) mass is 870 g/mol. The number of rotatable bonds is 14. The Hall–Kier alpha value is -2.91. The smallest absolute Gasteiger partial charge is 0.412 e. The van der Waals surface area contributed by atoms with Gasteiger partial charge in [0.25, 0.3) is 0 Å². The number of benzene rings is 1. The zero-order valence-electron chi connectivity index (χ0n) is 38.7.